The van der Waals surface area contributed by atoms with Crippen molar-refractivity contribution in [3.05, 3.63) is 23.8 Å². The summed E-state index contributed by atoms with van der Waals surface area (Å²) in [5.74, 6) is 1.45. The second kappa shape index (κ2) is 8.77. The van der Waals surface area contributed by atoms with E-state index in [0.717, 1.165) is 24.2 Å². The molecule has 0 saturated carbocycles. The fourth-order valence-corrected chi connectivity index (χ4v) is 1.64. The molecule has 0 bridgehead atoms. The first-order chi connectivity index (χ1) is 9.21. The average Bonchev–Trinajstić information content (AvgIpc) is 2.43. The molecule has 1 N–H and O–H groups in total. The Morgan fingerprint density at radius 2 is 2.05 bits per heavy atom. The van der Waals surface area contributed by atoms with E-state index in [9.17, 15) is 5.11 Å². The van der Waals surface area contributed by atoms with Crippen molar-refractivity contribution in [2.24, 2.45) is 0 Å². The summed E-state index contributed by atoms with van der Waals surface area (Å²) >= 11 is 0. The largest absolute Gasteiger partial charge is 0.493 e. The molecular weight excluding hydrogens is 244 g/mol. The zero-order valence-electron chi connectivity index (χ0n) is 12.0. The summed E-state index contributed by atoms with van der Waals surface area (Å²) in [7, 11) is 1.67. The van der Waals surface area contributed by atoms with Gasteiger partial charge in [0.1, 0.15) is 11.5 Å². The Hall–Kier alpha value is -1.26. The highest BCUT2D eigenvalue weighted by atomic mass is 16.5. The average molecular weight is 268 g/mol. The van der Waals surface area contributed by atoms with Gasteiger partial charge in [-0.25, -0.2) is 0 Å². The van der Waals surface area contributed by atoms with Crippen LogP contribution in [0.4, 0.5) is 0 Å². The normalized spacial score (nSPS) is 12.2. The topological polar surface area (TPSA) is 47.9 Å². The standard InChI is InChI=1S/C15H24O4/c1-4-8-18-14-6-5-13(11-16)15(10-14)19-12(2)7-9-17-3/h5-6,10,12,16H,4,7-9,11H2,1-3H3. The van der Waals surface area contributed by atoms with Gasteiger partial charge in [0.2, 0.25) is 0 Å². The van der Waals surface area contributed by atoms with Crippen molar-refractivity contribution in [3.63, 3.8) is 0 Å². The van der Waals surface area contributed by atoms with Gasteiger partial charge < -0.3 is 19.3 Å². The van der Waals surface area contributed by atoms with Crippen molar-refractivity contribution < 1.29 is 19.3 Å². The summed E-state index contributed by atoms with van der Waals surface area (Å²) in [5.41, 5.74) is 0.771. The smallest absolute Gasteiger partial charge is 0.128 e. The summed E-state index contributed by atoms with van der Waals surface area (Å²) < 4.78 is 16.4. The van der Waals surface area contributed by atoms with E-state index < -0.39 is 0 Å². The minimum atomic E-state index is -0.0413. The van der Waals surface area contributed by atoms with E-state index in [-0.39, 0.29) is 12.7 Å². The summed E-state index contributed by atoms with van der Waals surface area (Å²) in [6.07, 6.45) is 1.80. The monoisotopic (exact) mass is 268 g/mol. The highest BCUT2D eigenvalue weighted by Gasteiger charge is 2.09. The van der Waals surface area contributed by atoms with Crippen LogP contribution in [-0.2, 0) is 11.3 Å². The third-order valence-electron chi connectivity index (χ3n) is 2.74. The van der Waals surface area contributed by atoms with E-state index in [4.69, 9.17) is 14.2 Å². The Balaban J connectivity index is 2.71. The molecule has 4 heteroatoms. The maximum atomic E-state index is 9.33. The molecular formula is C15H24O4. The van der Waals surface area contributed by atoms with Gasteiger partial charge in [0.15, 0.2) is 0 Å². The molecule has 0 aliphatic carbocycles. The Morgan fingerprint density at radius 1 is 1.26 bits per heavy atom. The third-order valence-corrected chi connectivity index (χ3v) is 2.74. The molecule has 0 amide bonds. The maximum Gasteiger partial charge on any atom is 0.128 e. The first-order valence-electron chi connectivity index (χ1n) is 6.73. The van der Waals surface area contributed by atoms with E-state index in [1.54, 1.807) is 7.11 Å². The van der Waals surface area contributed by atoms with Crippen molar-refractivity contribution in [1.82, 2.24) is 0 Å². The zero-order valence-corrected chi connectivity index (χ0v) is 12.0. The molecule has 108 valence electrons. The lowest BCUT2D eigenvalue weighted by molar-refractivity contribution is 0.132. The molecule has 0 aliphatic heterocycles. The number of hydrogen-bond acceptors (Lipinski definition) is 4. The first kappa shape index (κ1) is 15.8. The lowest BCUT2D eigenvalue weighted by Gasteiger charge is -2.17. The van der Waals surface area contributed by atoms with Crippen LogP contribution in [0.5, 0.6) is 11.5 Å². The van der Waals surface area contributed by atoms with Gasteiger partial charge in [-0.1, -0.05) is 6.92 Å². The molecule has 1 aromatic carbocycles. The third kappa shape index (κ3) is 5.49. The summed E-state index contributed by atoms with van der Waals surface area (Å²) in [5, 5.41) is 9.33. The maximum absolute atomic E-state index is 9.33. The van der Waals surface area contributed by atoms with Gasteiger partial charge in [0, 0.05) is 31.8 Å². The summed E-state index contributed by atoms with van der Waals surface area (Å²) in [4.78, 5) is 0. The molecule has 0 spiro atoms. The molecule has 0 fully saturated rings. The summed E-state index contributed by atoms with van der Waals surface area (Å²) in [6, 6.07) is 5.53. The molecule has 0 radical (unpaired) electrons. The number of benzene rings is 1. The Morgan fingerprint density at radius 3 is 2.68 bits per heavy atom. The van der Waals surface area contributed by atoms with Crippen LogP contribution >= 0.6 is 0 Å². The second-order valence-electron chi connectivity index (χ2n) is 4.49. The van der Waals surface area contributed by atoms with Crippen molar-refractivity contribution in [2.45, 2.75) is 39.4 Å². The highest BCUT2D eigenvalue weighted by Crippen LogP contribution is 2.26. The molecule has 1 atom stereocenters. The quantitative estimate of drug-likeness (QED) is 0.748. The number of hydrogen-bond donors (Lipinski definition) is 1. The van der Waals surface area contributed by atoms with Crippen LogP contribution in [0.2, 0.25) is 0 Å². The van der Waals surface area contributed by atoms with E-state index in [1.807, 2.05) is 25.1 Å². The molecule has 1 aromatic rings. The van der Waals surface area contributed by atoms with Gasteiger partial charge in [-0.05, 0) is 25.5 Å². The van der Waals surface area contributed by atoms with E-state index >= 15 is 0 Å². The van der Waals surface area contributed by atoms with Gasteiger partial charge in [0.05, 0.1) is 19.3 Å². The van der Waals surface area contributed by atoms with Crippen LogP contribution in [0, 0.1) is 0 Å². The van der Waals surface area contributed by atoms with E-state index in [2.05, 4.69) is 6.92 Å². The lowest BCUT2D eigenvalue weighted by Crippen LogP contribution is -2.15. The number of methoxy groups -OCH3 is 1. The Kier molecular flexibility index (Phi) is 7.30. The summed E-state index contributed by atoms with van der Waals surface area (Å²) in [6.45, 7) is 5.34. The molecule has 4 nitrogen and oxygen atoms in total. The van der Waals surface area contributed by atoms with Crippen LogP contribution in [0.3, 0.4) is 0 Å². The molecule has 0 aromatic heterocycles. The van der Waals surface area contributed by atoms with Crippen LogP contribution in [0.25, 0.3) is 0 Å². The number of aliphatic hydroxyl groups excluding tert-OH is 1. The predicted octanol–water partition coefficient (Wildman–Crippen LogP) is 2.77. The van der Waals surface area contributed by atoms with Crippen LogP contribution in [0.1, 0.15) is 32.3 Å². The predicted molar refractivity (Wildman–Crippen MR) is 74.7 cm³/mol. The fourth-order valence-electron chi connectivity index (χ4n) is 1.64. The molecule has 0 aliphatic rings. The molecule has 1 unspecified atom stereocenters. The number of ether oxygens (including phenoxy) is 3. The SMILES string of the molecule is CCCOc1ccc(CO)c(OC(C)CCOC)c1. The minimum absolute atomic E-state index is 0.0340. The van der Waals surface area contributed by atoms with Gasteiger partial charge in [-0.2, -0.15) is 0 Å². The van der Waals surface area contributed by atoms with Gasteiger partial charge >= 0.3 is 0 Å². The fraction of sp³-hybridized carbons (Fsp3) is 0.600. The molecule has 0 saturated heterocycles. The van der Waals surface area contributed by atoms with Gasteiger partial charge in [-0.15, -0.1) is 0 Å². The molecule has 0 heterocycles. The lowest BCUT2D eigenvalue weighted by atomic mass is 10.2. The number of rotatable bonds is 9. The second-order valence-corrected chi connectivity index (χ2v) is 4.49. The Labute approximate surface area is 115 Å². The van der Waals surface area contributed by atoms with Crippen LogP contribution < -0.4 is 9.47 Å². The zero-order chi connectivity index (χ0) is 14.1. The van der Waals surface area contributed by atoms with E-state index in [0.29, 0.717) is 19.0 Å². The Bertz CT molecular complexity index is 365. The first-order valence-corrected chi connectivity index (χ1v) is 6.73. The van der Waals surface area contributed by atoms with E-state index in [1.165, 1.54) is 0 Å². The van der Waals surface area contributed by atoms with Crippen molar-refractivity contribution in [2.75, 3.05) is 20.3 Å². The van der Waals surface area contributed by atoms with Crippen molar-refractivity contribution in [1.29, 1.82) is 0 Å². The number of aliphatic hydroxyl groups is 1. The highest BCUT2D eigenvalue weighted by molar-refractivity contribution is 5.40. The van der Waals surface area contributed by atoms with Crippen LogP contribution in [-0.4, -0.2) is 31.5 Å². The van der Waals surface area contributed by atoms with Gasteiger partial charge in [-0.3, -0.25) is 0 Å². The van der Waals surface area contributed by atoms with Crippen LogP contribution in [0.15, 0.2) is 18.2 Å². The van der Waals surface area contributed by atoms with Crippen molar-refractivity contribution in [3.8, 4) is 11.5 Å². The van der Waals surface area contributed by atoms with Crippen molar-refractivity contribution >= 4 is 0 Å². The molecule has 19 heavy (non-hydrogen) atoms. The minimum Gasteiger partial charge on any atom is -0.493 e. The molecule has 1 rings (SSSR count). The van der Waals surface area contributed by atoms with Gasteiger partial charge in [0.25, 0.3) is 0 Å².